The van der Waals surface area contributed by atoms with Gasteiger partial charge in [0.1, 0.15) is 0 Å². The Morgan fingerprint density at radius 1 is 1.32 bits per heavy atom. The van der Waals surface area contributed by atoms with Gasteiger partial charge in [-0.3, -0.25) is 9.59 Å². The number of rotatable bonds is 6. The van der Waals surface area contributed by atoms with Gasteiger partial charge in [-0.25, -0.2) is 4.98 Å². The summed E-state index contributed by atoms with van der Waals surface area (Å²) in [5, 5.41) is 3.33. The van der Waals surface area contributed by atoms with Crippen molar-refractivity contribution in [2.75, 3.05) is 5.75 Å². The van der Waals surface area contributed by atoms with E-state index in [1.54, 1.807) is 6.92 Å². The minimum atomic E-state index is -0.140. The molecule has 0 radical (unpaired) electrons. The molecule has 0 bridgehead atoms. The second kappa shape index (κ2) is 7.79. The Kier molecular flexibility index (Phi) is 5.77. The van der Waals surface area contributed by atoms with Gasteiger partial charge in [-0.1, -0.05) is 49.0 Å². The van der Waals surface area contributed by atoms with Gasteiger partial charge < -0.3 is 10.3 Å². The van der Waals surface area contributed by atoms with Gasteiger partial charge in [0.2, 0.25) is 5.91 Å². The van der Waals surface area contributed by atoms with E-state index in [-0.39, 0.29) is 17.2 Å². The van der Waals surface area contributed by atoms with Gasteiger partial charge in [0.15, 0.2) is 5.16 Å². The maximum Gasteiger partial charge on any atom is 0.254 e. The first-order valence-corrected chi connectivity index (χ1v) is 8.12. The van der Waals surface area contributed by atoms with Crippen molar-refractivity contribution in [2.45, 2.75) is 32.0 Å². The quantitative estimate of drug-likeness (QED) is 0.631. The van der Waals surface area contributed by atoms with Crippen molar-refractivity contribution in [1.29, 1.82) is 0 Å². The highest BCUT2D eigenvalue weighted by atomic mass is 32.2. The van der Waals surface area contributed by atoms with Crippen molar-refractivity contribution in [3.8, 4) is 0 Å². The lowest BCUT2D eigenvalue weighted by molar-refractivity contribution is -0.118. The highest BCUT2D eigenvalue weighted by Gasteiger charge is 2.08. The lowest BCUT2D eigenvalue weighted by Crippen LogP contribution is -2.25. The minimum absolute atomic E-state index is 0.0878. The van der Waals surface area contributed by atoms with Crippen molar-refractivity contribution in [1.82, 2.24) is 15.3 Å². The van der Waals surface area contributed by atoms with E-state index in [2.05, 4.69) is 15.3 Å². The molecule has 0 fully saturated rings. The molecule has 2 aromatic rings. The van der Waals surface area contributed by atoms with Gasteiger partial charge in [-0.05, 0) is 18.9 Å². The summed E-state index contributed by atoms with van der Waals surface area (Å²) in [7, 11) is 0. The standard InChI is InChI=1S/C16H19N3O2S/c1-3-13-11(2)15(21)19-16(18-13)22-10-14(20)17-9-12-7-5-4-6-8-12/h4-8H,3,9-10H2,1-2H3,(H,17,20)(H,18,19,21). The Morgan fingerprint density at radius 3 is 2.73 bits per heavy atom. The summed E-state index contributed by atoms with van der Waals surface area (Å²) in [6, 6.07) is 9.72. The minimum Gasteiger partial charge on any atom is -0.351 e. The molecule has 1 heterocycles. The van der Waals surface area contributed by atoms with Crippen LogP contribution in [0.2, 0.25) is 0 Å². The van der Waals surface area contributed by atoms with Crippen molar-refractivity contribution < 1.29 is 4.79 Å². The zero-order valence-corrected chi connectivity index (χ0v) is 13.5. The molecule has 1 aromatic heterocycles. The second-order valence-electron chi connectivity index (χ2n) is 4.85. The Hall–Kier alpha value is -2.08. The van der Waals surface area contributed by atoms with Crippen molar-refractivity contribution in [2.24, 2.45) is 0 Å². The molecule has 0 spiro atoms. The Labute approximate surface area is 133 Å². The zero-order chi connectivity index (χ0) is 15.9. The molecular formula is C16H19N3O2S. The van der Waals surface area contributed by atoms with E-state index in [0.29, 0.717) is 23.7 Å². The van der Waals surface area contributed by atoms with Crippen LogP contribution < -0.4 is 10.9 Å². The number of carbonyl (C=O) groups is 1. The summed E-state index contributed by atoms with van der Waals surface area (Å²) >= 11 is 1.24. The van der Waals surface area contributed by atoms with E-state index < -0.39 is 0 Å². The molecule has 116 valence electrons. The Morgan fingerprint density at radius 2 is 2.05 bits per heavy atom. The highest BCUT2D eigenvalue weighted by Crippen LogP contribution is 2.12. The van der Waals surface area contributed by atoms with Crippen LogP contribution in [0, 0.1) is 6.92 Å². The molecule has 2 rings (SSSR count). The predicted octanol–water partition coefficient (Wildman–Crippen LogP) is 2.05. The zero-order valence-electron chi connectivity index (χ0n) is 12.7. The number of thioether (sulfide) groups is 1. The number of H-pyrrole nitrogens is 1. The average Bonchev–Trinajstić information content (AvgIpc) is 2.54. The van der Waals surface area contributed by atoms with E-state index in [9.17, 15) is 9.59 Å². The summed E-state index contributed by atoms with van der Waals surface area (Å²) < 4.78 is 0. The molecular weight excluding hydrogens is 298 g/mol. The van der Waals surface area contributed by atoms with Gasteiger partial charge in [-0.2, -0.15) is 0 Å². The SMILES string of the molecule is CCc1nc(SCC(=O)NCc2ccccc2)[nH]c(=O)c1C. The second-order valence-corrected chi connectivity index (χ2v) is 5.81. The number of amides is 1. The first kappa shape index (κ1) is 16.3. The first-order valence-electron chi connectivity index (χ1n) is 7.13. The van der Waals surface area contributed by atoms with Crippen LogP contribution in [-0.4, -0.2) is 21.6 Å². The number of hydrogen-bond acceptors (Lipinski definition) is 4. The van der Waals surface area contributed by atoms with E-state index in [1.807, 2.05) is 37.3 Å². The monoisotopic (exact) mass is 317 g/mol. The van der Waals surface area contributed by atoms with E-state index in [0.717, 1.165) is 11.3 Å². The van der Waals surface area contributed by atoms with Crippen LogP contribution >= 0.6 is 11.8 Å². The third kappa shape index (κ3) is 4.46. The van der Waals surface area contributed by atoms with Crippen molar-refractivity contribution in [3.63, 3.8) is 0 Å². The molecule has 5 nitrogen and oxygen atoms in total. The third-order valence-electron chi connectivity index (χ3n) is 3.24. The molecule has 22 heavy (non-hydrogen) atoms. The molecule has 0 unspecified atom stereocenters. The molecule has 0 saturated carbocycles. The van der Waals surface area contributed by atoms with Gasteiger partial charge in [0, 0.05) is 12.1 Å². The predicted molar refractivity (Wildman–Crippen MR) is 88.0 cm³/mol. The van der Waals surface area contributed by atoms with Crippen LogP contribution in [-0.2, 0) is 17.8 Å². The lowest BCUT2D eigenvalue weighted by atomic mass is 10.2. The van der Waals surface area contributed by atoms with Crippen LogP contribution in [0.15, 0.2) is 40.3 Å². The maximum atomic E-state index is 11.8. The van der Waals surface area contributed by atoms with E-state index in [1.165, 1.54) is 11.8 Å². The molecule has 2 N–H and O–H groups in total. The van der Waals surface area contributed by atoms with Crippen LogP contribution in [0.4, 0.5) is 0 Å². The molecule has 1 aromatic carbocycles. The van der Waals surface area contributed by atoms with Crippen LogP contribution in [0.3, 0.4) is 0 Å². The molecule has 6 heteroatoms. The first-order chi connectivity index (χ1) is 10.6. The number of aryl methyl sites for hydroxylation is 1. The number of benzene rings is 1. The smallest absolute Gasteiger partial charge is 0.254 e. The molecule has 0 aliphatic rings. The molecule has 0 aliphatic carbocycles. The number of hydrogen-bond donors (Lipinski definition) is 2. The topological polar surface area (TPSA) is 74.8 Å². The van der Waals surface area contributed by atoms with Gasteiger partial charge in [0.05, 0.1) is 11.4 Å². The number of aromatic nitrogens is 2. The summed E-state index contributed by atoms with van der Waals surface area (Å²) in [6.45, 7) is 4.21. The Bertz CT molecular complexity index is 698. The van der Waals surface area contributed by atoms with Crippen molar-refractivity contribution >= 4 is 17.7 Å². The summed E-state index contributed by atoms with van der Waals surface area (Å²) in [5.41, 5.74) is 2.33. The third-order valence-corrected chi connectivity index (χ3v) is 4.11. The maximum absolute atomic E-state index is 11.8. The highest BCUT2D eigenvalue weighted by molar-refractivity contribution is 7.99. The Balaban J connectivity index is 1.89. The van der Waals surface area contributed by atoms with E-state index >= 15 is 0 Å². The average molecular weight is 317 g/mol. The summed E-state index contributed by atoms with van der Waals surface area (Å²) in [6.07, 6.45) is 0.698. The molecule has 0 atom stereocenters. The number of carbonyl (C=O) groups excluding carboxylic acids is 1. The van der Waals surface area contributed by atoms with Gasteiger partial charge >= 0.3 is 0 Å². The molecule has 0 saturated heterocycles. The van der Waals surface area contributed by atoms with Crippen LogP contribution in [0.5, 0.6) is 0 Å². The fourth-order valence-electron chi connectivity index (χ4n) is 1.95. The molecule has 1 amide bonds. The summed E-state index contributed by atoms with van der Waals surface area (Å²) in [5.74, 6) is 0.136. The normalized spacial score (nSPS) is 10.5. The van der Waals surface area contributed by atoms with E-state index in [4.69, 9.17) is 0 Å². The fraction of sp³-hybridized carbons (Fsp3) is 0.312. The lowest BCUT2D eigenvalue weighted by Gasteiger charge is -2.07. The summed E-state index contributed by atoms with van der Waals surface area (Å²) in [4.78, 5) is 30.7. The van der Waals surface area contributed by atoms with Gasteiger partial charge in [0.25, 0.3) is 5.56 Å². The fourth-order valence-corrected chi connectivity index (χ4v) is 2.66. The number of aromatic amines is 1. The van der Waals surface area contributed by atoms with Gasteiger partial charge in [-0.15, -0.1) is 0 Å². The molecule has 0 aliphatic heterocycles. The van der Waals surface area contributed by atoms with Crippen molar-refractivity contribution in [3.05, 3.63) is 57.5 Å². The number of nitrogens with zero attached hydrogens (tertiary/aromatic N) is 1. The van der Waals surface area contributed by atoms with Crippen LogP contribution in [0.1, 0.15) is 23.7 Å². The number of nitrogens with one attached hydrogen (secondary N) is 2. The largest absolute Gasteiger partial charge is 0.351 e. The van der Waals surface area contributed by atoms with Crippen LogP contribution in [0.25, 0.3) is 0 Å².